The van der Waals surface area contributed by atoms with Crippen LogP contribution in [0.25, 0.3) is 0 Å². The Balaban J connectivity index is 3.57. The van der Waals surface area contributed by atoms with Crippen molar-refractivity contribution in [1.29, 1.82) is 0 Å². The molecule has 0 spiro atoms. The summed E-state index contributed by atoms with van der Waals surface area (Å²) in [5.74, 6) is 0.309. The van der Waals surface area contributed by atoms with Crippen LogP contribution in [0, 0.1) is 5.92 Å². The molecule has 3 nitrogen and oxygen atoms in total. The van der Waals surface area contributed by atoms with Gasteiger partial charge in [0.2, 0.25) is 0 Å². The fourth-order valence-corrected chi connectivity index (χ4v) is 1.03. The summed E-state index contributed by atoms with van der Waals surface area (Å²) >= 11 is 0. The summed E-state index contributed by atoms with van der Waals surface area (Å²) in [7, 11) is 1.93. The summed E-state index contributed by atoms with van der Waals surface area (Å²) < 4.78 is 4.95. The third kappa shape index (κ3) is 7.53. The number of hydrogen-bond donors (Lipinski definition) is 0. The van der Waals surface area contributed by atoms with E-state index in [1.807, 2.05) is 11.9 Å². The Kier molecular flexibility index (Phi) is 6.24. The third-order valence-electron chi connectivity index (χ3n) is 1.41. The minimum atomic E-state index is -0.280. The van der Waals surface area contributed by atoms with E-state index in [1.54, 1.807) is 13.0 Å². The summed E-state index contributed by atoms with van der Waals surface area (Å²) in [6.45, 7) is 7.35. The zero-order chi connectivity index (χ0) is 10.3. The number of nitrogens with zero attached hydrogens (tertiary/aromatic N) is 1. The molecule has 0 bridgehead atoms. The first kappa shape index (κ1) is 12.2. The van der Waals surface area contributed by atoms with Crippen molar-refractivity contribution in [2.24, 2.45) is 5.92 Å². The van der Waals surface area contributed by atoms with Gasteiger partial charge in [-0.1, -0.05) is 19.9 Å². The van der Waals surface area contributed by atoms with Gasteiger partial charge in [-0.25, -0.2) is 4.79 Å². The first-order valence-electron chi connectivity index (χ1n) is 4.54. The molecule has 13 heavy (non-hydrogen) atoms. The number of rotatable bonds is 5. The Morgan fingerprint density at radius 2 is 2.15 bits per heavy atom. The quantitative estimate of drug-likeness (QED) is 0.370. The highest BCUT2D eigenvalue weighted by Crippen LogP contribution is 1.95. The van der Waals surface area contributed by atoms with Crippen LogP contribution < -0.4 is 0 Å². The van der Waals surface area contributed by atoms with Gasteiger partial charge in [-0.15, -0.1) is 0 Å². The standard InChI is InChI=1S/C10H19NO2/c1-5-6-10(12)13-8-11(4)7-9(2)3/h5-6,9H,7-8H2,1-4H3/b6-5+. The molecule has 0 atom stereocenters. The molecule has 0 rings (SSSR count). The molecule has 0 aliphatic rings. The highest BCUT2D eigenvalue weighted by atomic mass is 16.5. The summed E-state index contributed by atoms with van der Waals surface area (Å²) in [5, 5.41) is 0. The molecule has 0 aromatic carbocycles. The fraction of sp³-hybridized carbons (Fsp3) is 0.700. The zero-order valence-electron chi connectivity index (χ0n) is 8.91. The SMILES string of the molecule is C/C=C/C(=O)OCN(C)CC(C)C. The van der Waals surface area contributed by atoms with Crippen molar-refractivity contribution in [3.63, 3.8) is 0 Å². The van der Waals surface area contributed by atoms with Crippen LogP contribution in [0.15, 0.2) is 12.2 Å². The average molecular weight is 185 g/mol. The number of carbonyl (C=O) groups excluding carboxylic acids is 1. The molecule has 0 unspecified atom stereocenters. The number of allylic oxidation sites excluding steroid dienone is 1. The van der Waals surface area contributed by atoms with E-state index >= 15 is 0 Å². The van der Waals surface area contributed by atoms with E-state index in [4.69, 9.17) is 4.74 Å². The second-order valence-corrected chi connectivity index (χ2v) is 3.52. The van der Waals surface area contributed by atoms with Crippen molar-refractivity contribution in [2.45, 2.75) is 20.8 Å². The van der Waals surface area contributed by atoms with E-state index in [-0.39, 0.29) is 5.97 Å². The van der Waals surface area contributed by atoms with E-state index in [0.717, 1.165) is 6.54 Å². The molecule has 0 fully saturated rings. The van der Waals surface area contributed by atoms with Crippen LogP contribution in [0.5, 0.6) is 0 Å². The van der Waals surface area contributed by atoms with E-state index < -0.39 is 0 Å². The molecule has 76 valence electrons. The molecule has 0 N–H and O–H groups in total. The lowest BCUT2D eigenvalue weighted by atomic mass is 10.2. The average Bonchev–Trinajstić information content (AvgIpc) is 2.00. The van der Waals surface area contributed by atoms with Crippen LogP contribution in [-0.2, 0) is 9.53 Å². The van der Waals surface area contributed by atoms with Crippen molar-refractivity contribution in [1.82, 2.24) is 4.90 Å². The second kappa shape index (κ2) is 6.66. The zero-order valence-corrected chi connectivity index (χ0v) is 8.91. The normalized spacial score (nSPS) is 11.5. The van der Waals surface area contributed by atoms with E-state index in [2.05, 4.69) is 13.8 Å². The molecule has 0 radical (unpaired) electrons. The Labute approximate surface area is 80.4 Å². The van der Waals surface area contributed by atoms with Gasteiger partial charge in [-0.05, 0) is 19.9 Å². The number of carbonyl (C=O) groups is 1. The van der Waals surface area contributed by atoms with Crippen molar-refractivity contribution in [2.75, 3.05) is 20.3 Å². The predicted octanol–water partition coefficient (Wildman–Crippen LogP) is 1.65. The highest BCUT2D eigenvalue weighted by molar-refractivity contribution is 5.81. The topological polar surface area (TPSA) is 29.5 Å². The smallest absolute Gasteiger partial charge is 0.331 e. The molecule has 0 aromatic rings. The Morgan fingerprint density at radius 1 is 1.54 bits per heavy atom. The molecular weight excluding hydrogens is 166 g/mol. The monoisotopic (exact) mass is 185 g/mol. The van der Waals surface area contributed by atoms with Crippen molar-refractivity contribution in [3.8, 4) is 0 Å². The van der Waals surface area contributed by atoms with Crippen LogP contribution in [0.2, 0.25) is 0 Å². The van der Waals surface area contributed by atoms with Gasteiger partial charge in [-0.3, -0.25) is 4.90 Å². The molecule has 0 saturated carbocycles. The van der Waals surface area contributed by atoms with Gasteiger partial charge in [0.1, 0.15) is 6.73 Å². The second-order valence-electron chi connectivity index (χ2n) is 3.52. The largest absolute Gasteiger partial charge is 0.446 e. The molecular formula is C10H19NO2. The Morgan fingerprint density at radius 3 is 2.62 bits per heavy atom. The lowest BCUT2D eigenvalue weighted by Crippen LogP contribution is -2.27. The summed E-state index contributed by atoms with van der Waals surface area (Å²) in [5.41, 5.74) is 0. The van der Waals surface area contributed by atoms with Crippen LogP contribution in [0.3, 0.4) is 0 Å². The number of hydrogen-bond acceptors (Lipinski definition) is 3. The predicted molar refractivity (Wildman–Crippen MR) is 53.2 cm³/mol. The molecule has 0 heterocycles. The summed E-state index contributed by atoms with van der Waals surface area (Å²) in [4.78, 5) is 12.9. The number of esters is 1. The van der Waals surface area contributed by atoms with E-state index in [1.165, 1.54) is 6.08 Å². The van der Waals surface area contributed by atoms with Gasteiger partial charge in [0.25, 0.3) is 0 Å². The summed E-state index contributed by atoms with van der Waals surface area (Å²) in [6, 6.07) is 0. The van der Waals surface area contributed by atoms with Crippen LogP contribution in [-0.4, -0.2) is 31.2 Å². The summed E-state index contributed by atoms with van der Waals surface area (Å²) in [6.07, 6.45) is 3.09. The molecule has 0 saturated heterocycles. The first-order valence-corrected chi connectivity index (χ1v) is 4.54. The van der Waals surface area contributed by atoms with Crippen molar-refractivity contribution >= 4 is 5.97 Å². The molecule has 0 amide bonds. The van der Waals surface area contributed by atoms with Crippen molar-refractivity contribution in [3.05, 3.63) is 12.2 Å². The van der Waals surface area contributed by atoms with Crippen molar-refractivity contribution < 1.29 is 9.53 Å². The third-order valence-corrected chi connectivity index (χ3v) is 1.41. The van der Waals surface area contributed by atoms with Crippen LogP contribution >= 0.6 is 0 Å². The first-order chi connectivity index (χ1) is 6.06. The molecule has 3 heteroatoms. The maximum Gasteiger partial charge on any atom is 0.331 e. The maximum atomic E-state index is 10.9. The highest BCUT2D eigenvalue weighted by Gasteiger charge is 2.03. The van der Waals surface area contributed by atoms with Gasteiger partial charge in [0.15, 0.2) is 0 Å². The van der Waals surface area contributed by atoms with Crippen LogP contribution in [0.1, 0.15) is 20.8 Å². The Bertz CT molecular complexity index is 176. The molecule has 0 aliphatic heterocycles. The molecule has 0 aromatic heterocycles. The van der Waals surface area contributed by atoms with E-state index in [9.17, 15) is 4.79 Å². The van der Waals surface area contributed by atoms with E-state index in [0.29, 0.717) is 12.6 Å². The minimum Gasteiger partial charge on any atom is -0.446 e. The van der Waals surface area contributed by atoms with Gasteiger partial charge < -0.3 is 4.74 Å². The Hall–Kier alpha value is -0.830. The lowest BCUT2D eigenvalue weighted by Gasteiger charge is -2.17. The van der Waals surface area contributed by atoms with Gasteiger partial charge in [0.05, 0.1) is 0 Å². The van der Waals surface area contributed by atoms with Gasteiger partial charge in [-0.2, -0.15) is 0 Å². The fourth-order valence-electron chi connectivity index (χ4n) is 1.03. The van der Waals surface area contributed by atoms with Gasteiger partial charge >= 0.3 is 5.97 Å². The van der Waals surface area contributed by atoms with Gasteiger partial charge in [0, 0.05) is 12.6 Å². The lowest BCUT2D eigenvalue weighted by molar-refractivity contribution is -0.142. The van der Waals surface area contributed by atoms with Crippen LogP contribution in [0.4, 0.5) is 0 Å². The maximum absolute atomic E-state index is 10.9. The minimum absolute atomic E-state index is 0.280. The molecule has 0 aliphatic carbocycles. The number of ether oxygens (including phenoxy) is 1.